The van der Waals surface area contributed by atoms with Gasteiger partial charge in [0, 0.05) is 49.8 Å². The van der Waals surface area contributed by atoms with Gasteiger partial charge in [-0.3, -0.25) is 28.9 Å². The lowest BCUT2D eigenvalue weighted by Crippen LogP contribution is -2.50. The highest BCUT2D eigenvalue weighted by atomic mass is 32.1. The summed E-state index contributed by atoms with van der Waals surface area (Å²) in [7, 11) is 3.75. The minimum absolute atomic E-state index is 0.0309. The van der Waals surface area contributed by atoms with E-state index in [1.807, 2.05) is 72.9 Å². The van der Waals surface area contributed by atoms with Gasteiger partial charge in [0.2, 0.25) is 11.8 Å². The maximum absolute atomic E-state index is 14.5. The van der Waals surface area contributed by atoms with Gasteiger partial charge in [-0.1, -0.05) is 70.9 Å². The van der Waals surface area contributed by atoms with Crippen LogP contribution < -0.4 is 16.4 Å². The van der Waals surface area contributed by atoms with E-state index in [0.29, 0.717) is 44.2 Å². The van der Waals surface area contributed by atoms with E-state index >= 15 is 0 Å². The number of nitrogens with one attached hydrogen (secondary N) is 2. The van der Waals surface area contributed by atoms with Gasteiger partial charge in [-0.05, 0) is 76.9 Å². The Morgan fingerprint density at radius 2 is 1.68 bits per heavy atom. The molecule has 1 aromatic carbocycles. The maximum atomic E-state index is 14.5. The summed E-state index contributed by atoms with van der Waals surface area (Å²) in [6.45, 7) is 16.2. The molecule has 2 heterocycles. The second-order valence-corrected chi connectivity index (χ2v) is 18.1. The Morgan fingerprint density at radius 1 is 1.02 bits per heavy atom. The number of carbonyl (C=O) groups is 5. The number of hydrogen-bond acceptors (Lipinski definition) is 11. The molecule has 1 saturated heterocycles. The van der Waals surface area contributed by atoms with E-state index in [0.717, 1.165) is 36.9 Å². The molecule has 3 amide bonds. The molecule has 5 N–H and O–H groups in total. The number of nitrogens with zero attached hydrogens (tertiary/aromatic N) is 3. The minimum Gasteiger partial charge on any atom is -0.481 e. The number of aromatic nitrogens is 1. The zero-order valence-corrected chi connectivity index (χ0v) is 38.3. The van der Waals surface area contributed by atoms with Crippen LogP contribution in [-0.2, 0) is 35.1 Å². The quantitative estimate of drug-likeness (QED) is 0.0839. The molecule has 7 atom stereocenters. The van der Waals surface area contributed by atoms with E-state index in [1.54, 1.807) is 24.3 Å². The van der Waals surface area contributed by atoms with Crippen molar-refractivity contribution in [1.82, 2.24) is 25.4 Å². The number of thiazole rings is 1. The molecular formula is C45H72N6O8S. The van der Waals surface area contributed by atoms with E-state index in [-0.39, 0.29) is 67.0 Å². The van der Waals surface area contributed by atoms with Crippen molar-refractivity contribution in [3.05, 3.63) is 51.5 Å². The minimum atomic E-state index is -0.945. The van der Waals surface area contributed by atoms with Crippen molar-refractivity contribution in [3.63, 3.8) is 0 Å². The van der Waals surface area contributed by atoms with Gasteiger partial charge in [-0.15, -0.1) is 11.3 Å². The van der Waals surface area contributed by atoms with E-state index in [1.165, 1.54) is 11.3 Å². The number of benzene rings is 1. The van der Waals surface area contributed by atoms with Crippen molar-refractivity contribution in [3.8, 4) is 0 Å². The van der Waals surface area contributed by atoms with Gasteiger partial charge in [0.05, 0.1) is 43.9 Å². The summed E-state index contributed by atoms with van der Waals surface area (Å²) in [4.78, 5) is 76.1. The van der Waals surface area contributed by atoms with Crippen LogP contribution in [0.1, 0.15) is 119 Å². The molecule has 1 aliphatic heterocycles. The van der Waals surface area contributed by atoms with Crippen LogP contribution >= 0.6 is 11.3 Å². The predicted octanol–water partition coefficient (Wildman–Crippen LogP) is 5.42. The van der Waals surface area contributed by atoms with Crippen molar-refractivity contribution < 1.29 is 38.6 Å². The number of ether oxygens (including phenoxy) is 2. The number of aliphatic carboxylic acids is 1. The summed E-state index contributed by atoms with van der Waals surface area (Å²) in [6, 6.07) is 6.41. The van der Waals surface area contributed by atoms with E-state index in [4.69, 9.17) is 20.2 Å². The lowest BCUT2D eigenvalue weighted by Gasteiger charge is -2.38. The third-order valence-electron chi connectivity index (χ3n) is 12.2. The summed E-state index contributed by atoms with van der Waals surface area (Å²) < 4.78 is 11.0. The highest BCUT2D eigenvalue weighted by Gasteiger charge is 2.44. The van der Waals surface area contributed by atoms with Gasteiger partial charge < -0.3 is 35.8 Å². The molecule has 15 heteroatoms. The maximum Gasteiger partial charge on any atom is 0.306 e. The number of Topliss-reactive ketones (excluding diaryl/α,β-unsaturated/α-hetero) is 1. The lowest BCUT2D eigenvalue weighted by molar-refractivity contribution is -0.143. The van der Waals surface area contributed by atoms with E-state index in [9.17, 15) is 29.1 Å². The Bertz CT molecular complexity index is 1690. The number of carbonyl (C=O) groups excluding carboxylic acids is 4. The topological polar surface area (TPSA) is 193 Å². The second kappa shape index (κ2) is 24.6. The monoisotopic (exact) mass is 857 g/mol. The van der Waals surface area contributed by atoms with Crippen molar-refractivity contribution in [2.75, 3.05) is 53.6 Å². The molecule has 60 heavy (non-hydrogen) atoms. The van der Waals surface area contributed by atoms with Gasteiger partial charge in [-0.25, -0.2) is 4.98 Å². The first kappa shape index (κ1) is 50.6. The second-order valence-electron chi connectivity index (χ2n) is 17.2. The van der Waals surface area contributed by atoms with Crippen LogP contribution in [0.25, 0.3) is 0 Å². The van der Waals surface area contributed by atoms with Crippen LogP contribution in [0, 0.1) is 30.6 Å². The van der Waals surface area contributed by atoms with Gasteiger partial charge in [-0.2, -0.15) is 0 Å². The molecule has 0 aliphatic carbocycles. The fourth-order valence-corrected chi connectivity index (χ4v) is 8.69. The summed E-state index contributed by atoms with van der Waals surface area (Å²) in [5.41, 5.74) is 7.09. The first-order valence-electron chi connectivity index (χ1n) is 21.6. The van der Waals surface area contributed by atoms with Crippen molar-refractivity contribution in [1.29, 1.82) is 0 Å². The van der Waals surface area contributed by atoms with Crippen LogP contribution in [-0.4, -0.2) is 121 Å². The Balaban J connectivity index is 1.88. The number of hydrogen-bond donors (Lipinski definition) is 4. The standard InChI is InChI=1S/C45H72N6O8S/c1-10-31(5)35(26-39(52)45(7)17-11-19-50(45)8)43(55)51(9)38(29(2)3)27-36(48-40(53)16-20-58-22-23-59-21-18-46)42-49-37(28-60-42)41(54)47-34(24-32(6)44(56)57)25-33-14-12-30(4)13-15-33/h12-15,28-29,31-32,34-36,38H,10-11,16-27,46H2,1-9H3,(H,47,54)(H,48,53)(H,56,57)/t31-,32-,34+,35-,36+,38+,45+/m0/s1. The van der Waals surface area contributed by atoms with Crippen LogP contribution in [0.15, 0.2) is 29.6 Å². The number of likely N-dealkylation sites (N-methyl/N-ethyl adjacent to an activating group) is 1. The summed E-state index contributed by atoms with van der Waals surface area (Å²) >= 11 is 1.24. The highest BCUT2D eigenvalue weighted by molar-refractivity contribution is 7.09. The van der Waals surface area contributed by atoms with Crippen LogP contribution in [0.3, 0.4) is 0 Å². The van der Waals surface area contributed by atoms with Crippen LogP contribution in [0.2, 0.25) is 0 Å². The molecule has 0 unspecified atom stereocenters. The molecule has 336 valence electrons. The average molecular weight is 857 g/mol. The number of likely N-dealkylation sites (tertiary alicyclic amines) is 1. The molecule has 3 rings (SSSR count). The summed E-state index contributed by atoms with van der Waals surface area (Å²) in [5, 5.41) is 18.0. The zero-order chi connectivity index (χ0) is 44.6. The van der Waals surface area contributed by atoms with Crippen molar-refractivity contribution in [2.24, 2.45) is 29.4 Å². The number of carboxylic acid groups (broad SMARTS) is 1. The fraction of sp³-hybridized carbons (Fsp3) is 0.689. The molecule has 14 nitrogen and oxygen atoms in total. The smallest absolute Gasteiger partial charge is 0.306 e. The molecule has 0 saturated carbocycles. The zero-order valence-electron chi connectivity index (χ0n) is 37.5. The van der Waals surface area contributed by atoms with Gasteiger partial charge in [0.25, 0.3) is 5.91 Å². The number of rotatable bonds is 27. The molecule has 0 spiro atoms. The first-order chi connectivity index (χ1) is 28.4. The highest BCUT2D eigenvalue weighted by Crippen LogP contribution is 2.34. The normalized spacial score (nSPS) is 18.6. The number of ketones is 1. The van der Waals surface area contributed by atoms with E-state index in [2.05, 4.69) is 15.5 Å². The predicted molar refractivity (Wildman–Crippen MR) is 235 cm³/mol. The summed E-state index contributed by atoms with van der Waals surface area (Å²) in [6.07, 6.45) is 3.64. The molecular weight excluding hydrogens is 785 g/mol. The molecule has 2 aromatic rings. The Labute approximate surface area is 361 Å². The molecule has 1 aliphatic rings. The van der Waals surface area contributed by atoms with Gasteiger partial charge in [0.15, 0.2) is 5.78 Å². The Morgan fingerprint density at radius 3 is 2.27 bits per heavy atom. The SMILES string of the molecule is CC[C@H](C)[C@H](CC(=O)[C@@]1(C)CCCN1C)C(=O)N(C)[C@H](C[C@@H](NC(=O)CCOCCOCCN)c1nc(C(=O)N[C@@H](Cc2ccc(C)cc2)C[C@H](C)C(=O)O)cs1)C(C)C. The third-order valence-corrected chi connectivity index (χ3v) is 13.2. The number of nitrogens with two attached hydrogens (primary N) is 1. The van der Waals surface area contributed by atoms with Crippen LogP contribution in [0.5, 0.6) is 0 Å². The number of aryl methyl sites for hydroxylation is 1. The fourth-order valence-electron chi connectivity index (χ4n) is 7.83. The number of carboxylic acids is 1. The largest absolute Gasteiger partial charge is 0.481 e. The van der Waals surface area contributed by atoms with Crippen molar-refractivity contribution in [2.45, 2.75) is 123 Å². The van der Waals surface area contributed by atoms with E-state index < -0.39 is 41.3 Å². The Hall–Kier alpha value is -3.76. The Kier molecular flexibility index (Phi) is 20.8. The van der Waals surface area contributed by atoms with Gasteiger partial charge in [0.1, 0.15) is 10.7 Å². The molecule has 1 fully saturated rings. The molecule has 0 radical (unpaired) electrons. The lowest BCUT2D eigenvalue weighted by atomic mass is 9.80. The molecule has 0 bridgehead atoms. The molecule has 1 aromatic heterocycles. The summed E-state index contributed by atoms with van der Waals surface area (Å²) in [5.74, 6) is -2.96. The van der Waals surface area contributed by atoms with Crippen LogP contribution in [0.4, 0.5) is 0 Å². The average Bonchev–Trinajstić information content (AvgIpc) is 3.85. The van der Waals surface area contributed by atoms with Crippen molar-refractivity contribution >= 4 is 40.8 Å². The third kappa shape index (κ3) is 15.0. The first-order valence-corrected chi connectivity index (χ1v) is 22.5. The number of amides is 3. The van der Waals surface area contributed by atoms with Gasteiger partial charge >= 0.3 is 5.97 Å².